The Morgan fingerprint density at radius 3 is 2.24 bits per heavy atom. The third kappa shape index (κ3) is 3.39. The number of carboxylic acids is 1. The summed E-state index contributed by atoms with van der Waals surface area (Å²) < 4.78 is 21.2. The Balaban J connectivity index is 1.64. The van der Waals surface area contributed by atoms with Crippen LogP contribution in [-0.2, 0) is 28.6 Å². The average Bonchev–Trinajstić information content (AvgIpc) is 3.11. The van der Waals surface area contributed by atoms with Crippen molar-refractivity contribution in [2.24, 2.45) is 0 Å². The molecule has 13 heteroatoms. The molecule has 0 spiro atoms. The van der Waals surface area contributed by atoms with Crippen LogP contribution in [0.2, 0.25) is 0 Å². The number of fused-ring (bicyclic) bond motifs is 1. The monoisotopic (exact) mass is 373 g/mol. The highest BCUT2D eigenvalue weighted by Crippen LogP contribution is 2.33. The molecule has 0 aromatic rings. The predicted molar refractivity (Wildman–Crippen MR) is 70.5 cm³/mol. The zero-order valence-electron chi connectivity index (χ0n) is 12.6. The Kier molecular flexibility index (Phi) is 5.06. The SMILES string of the molecule is O=C(O)[C@H]1O[C@@H](O[13C@H]2[13CH2]O[13C@H]3[13C@@H]2O[13CH2][13C@H]3O[N+](=O)[O-])[C@H](O)[C@@H](O)[C@@H]1O. The number of carboxylic acid groups (broad SMARTS) is 1. The van der Waals surface area contributed by atoms with Gasteiger partial charge in [0.15, 0.2) is 18.5 Å². The molecule has 3 rings (SSSR count). The number of nitrogens with zero attached hydrogens (tertiary/aromatic N) is 1. The van der Waals surface area contributed by atoms with Crippen molar-refractivity contribution >= 4 is 5.97 Å². The number of aliphatic hydroxyl groups excluding tert-OH is 3. The molecule has 0 saturated carbocycles. The second-order valence-corrected chi connectivity index (χ2v) is 5.87. The van der Waals surface area contributed by atoms with E-state index in [-0.39, 0.29) is 13.2 Å². The van der Waals surface area contributed by atoms with Gasteiger partial charge in [0.05, 0.1) is 13.2 Å². The van der Waals surface area contributed by atoms with Gasteiger partial charge in [-0.15, -0.1) is 10.1 Å². The largest absolute Gasteiger partial charge is 0.479 e. The Hall–Kier alpha value is -1.61. The number of rotatable bonds is 5. The molecule has 0 aromatic heterocycles. The first-order chi connectivity index (χ1) is 11.8. The van der Waals surface area contributed by atoms with Gasteiger partial charge >= 0.3 is 5.97 Å². The van der Waals surface area contributed by atoms with E-state index in [4.69, 9.17) is 24.1 Å². The van der Waals surface area contributed by atoms with Crippen molar-refractivity contribution in [1.29, 1.82) is 0 Å². The molecule has 0 amide bonds. The van der Waals surface area contributed by atoms with Crippen LogP contribution < -0.4 is 0 Å². The summed E-state index contributed by atoms with van der Waals surface area (Å²) in [7, 11) is 0. The molecule has 3 aliphatic heterocycles. The lowest BCUT2D eigenvalue weighted by atomic mass is 9.99. The molecule has 0 bridgehead atoms. The number of ether oxygens (including phenoxy) is 4. The number of aliphatic hydroxyl groups is 3. The highest BCUT2D eigenvalue weighted by Gasteiger charge is 2.53. The van der Waals surface area contributed by atoms with E-state index in [2.05, 4.69) is 4.84 Å². The van der Waals surface area contributed by atoms with E-state index in [1.807, 2.05) is 0 Å². The van der Waals surface area contributed by atoms with Crippen LogP contribution >= 0.6 is 0 Å². The number of hydrogen-bond acceptors (Lipinski definition) is 11. The molecule has 3 heterocycles. The van der Waals surface area contributed by atoms with Crippen molar-refractivity contribution in [3.8, 4) is 0 Å². The smallest absolute Gasteiger partial charge is 0.335 e. The van der Waals surface area contributed by atoms with Gasteiger partial charge in [0.1, 0.15) is 36.6 Å². The molecular formula is C12H17NO12. The summed E-state index contributed by atoms with van der Waals surface area (Å²) in [5, 5.41) is 47.8. The Morgan fingerprint density at radius 1 is 1.04 bits per heavy atom. The lowest BCUT2D eigenvalue weighted by Crippen LogP contribution is -2.61. The van der Waals surface area contributed by atoms with Crippen LogP contribution in [0.4, 0.5) is 0 Å². The van der Waals surface area contributed by atoms with Gasteiger partial charge in [0.25, 0.3) is 5.09 Å². The summed E-state index contributed by atoms with van der Waals surface area (Å²) in [4.78, 5) is 25.9. The van der Waals surface area contributed by atoms with E-state index in [0.717, 1.165) is 0 Å². The van der Waals surface area contributed by atoms with E-state index < -0.39 is 66.2 Å². The van der Waals surface area contributed by atoms with Gasteiger partial charge in [0, 0.05) is 0 Å². The van der Waals surface area contributed by atoms with E-state index >= 15 is 0 Å². The molecule has 0 unspecified atom stereocenters. The maximum absolute atomic E-state index is 11.1. The normalized spacial score (nSPS) is 46.6. The molecular weight excluding hydrogens is 356 g/mol. The van der Waals surface area contributed by atoms with E-state index in [0.29, 0.717) is 0 Å². The summed E-state index contributed by atoms with van der Waals surface area (Å²) in [6.07, 6.45) is -12.0. The molecule has 4 N–H and O–H groups in total. The maximum Gasteiger partial charge on any atom is 0.335 e. The Morgan fingerprint density at radius 2 is 1.64 bits per heavy atom. The first kappa shape index (κ1) is 18.2. The molecule has 13 nitrogen and oxygen atoms in total. The predicted octanol–water partition coefficient (Wildman–Crippen LogP) is -3.36. The van der Waals surface area contributed by atoms with Crippen molar-refractivity contribution in [1.82, 2.24) is 0 Å². The first-order valence-corrected chi connectivity index (χ1v) is 7.42. The Bertz CT molecular complexity index is 530. The zero-order valence-corrected chi connectivity index (χ0v) is 12.6. The van der Waals surface area contributed by atoms with E-state index in [9.17, 15) is 30.2 Å². The molecule has 0 radical (unpaired) electrons. The molecule has 142 valence electrons. The van der Waals surface area contributed by atoms with Crippen molar-refractivity contribution in [3.63, 3.8) is 0 Å². The fourth-order valence-electron chi connectivity index (χ4n) is 3.08. The molecule has 25 heavy (non-hydrogen) atoms. The van der Waals surface area contributed by atoms with Gasteiger partial charge in [-0.2, -0.15) is 0 Å². The quantitative estimate of drug-likeness (QED) is 0.213. The number of carbonyl (C=O) groups is 1. The minimum absolute atomic E-state index is 0.0735. The topological polar surface area (TPSA) is 187 Å². The van der Waals surface area contributed by atoms with Gasteiger partial charge in [-0.05, 0) is 0 Å². The van der Waals surface area contributed by atoms with Gasteiger partial charge in [0.2, 0.25) is 0 Å². The minimum atomic E-state index is -1.83. The van der Waals surface area contributed by atoms with Gasteiger partial charge in [-0.1, -0.05) is 0 Å². The van der Waals surface area contributed by atoms with Gasteiger partial charge in [-0.3, -0.25) is 0 Å². The molecule has 3 saturated heterocycles. The van der Waals surface area contributed by atoms with E-state index in [1.54, 1.807) is 0 Å². The maximum atomic E-state index is 11.1. The van der Waals surface area contributed by atoms with Gasteiger partial charge < -0.3 is 44.2 Å². The van der Waals surface area contributed by atoms with Crippen LogP contribution in [0.25, 0.3) is 0 Å². The molecule has 9 atom stereocenters. The Labute approximate surface area is 139 Å². The fraction of sp³-hybridized carbons (Fsp3) is 0.917. The molecule has 3 aliphatic rings. The van der Waals surface area contributed by atoms with Crippen molar-refractivity contribution in [3.05, 3.63) is 10.1 Å². The molecule has 0 aliphatic carbocycles. The summed E-state index contributed by atoms with van der Waals surface area (Å²) in [5.74, 6) is -1.54. The lowest BCUT2D eigenvalue weighted by Gasteiger charge is -2.39. The second kappa shape index (κ2) is 6.95. The second-order valence-electron chi connectivity index (χ2n) is 5.87. The number of aliphatic carboxylic acids is 1. The third-order valence-corrected chi connectivity index (χ3v) is 4.31. The lowest BCUT2D eigenvalue weighted by molar-refractivity contribution is -0.769. The van der Waals surface area contributed by atoms with Crippen molar-refractivity contribution < 1.29 is 54.1 Å². The summed E-state index contributed by atoms with van der Waals surface area (Å²) in [5.41, 5.74) is 0. The van der Waals surface area contributed by atoms with Crippen LogP contribution in [0.3, 0.4) is 0 Å². The number of hydrogen-bond donors (Lipinski definition) is 4. The fourth-order valence-corrected chi connectivity index (χ4v) is 3.08. The average molecular weight is 373 g/mol. The summed E-state index contributed by atoms with van der Waals surface area (Å²) in [6.45, 7) is -0.181. The zero-order chi connectivity index (χ0) is 18.3. The highest BCUT2D eigenvalue weighted by molar-refractivity contribution is 5.73. The van der Waals surface area contributed by atoms with Gasteiger partial charge in [-0.25, -0.2) is 4.79 Å². The third-order valence-electron chi connectivity index (χ3n) is 4.31. The van der Waals surface area contributed by atoms with Crippen LogP contribution in [-0.4, -0.2) is 99.8 Å². The van der Waals surface area contributed by atoms with Crippen molar-refractivity contribution in [2.75, 3.05) is 13.2 Å². The standard InChI is InChI=1S/C12H17NO12/c14-5-6(15)10(11(17)18)24-12(7(5)16)23-3-1-21-9-4(25-13(19)20)2-22-8(3)9/h3-10,12,14-16H,1-2H2,(H,17,18)/t3-,4+,5-,6-,7+,8+,9+,10-,12+/m0/s1/i1+1,2+1,3+1,4+1,8+1,9+1. The first-order valence-electron chi connectivity index (χ1n) is 7.42. The molecule has 3 fully saturated rings. The summed E-state index contributed by atoms with van der Waals surface area (Å²) >= 11 is 0. The van der Waals surface area contributed by atoms with Crippen LogP contribution in [0.5, 0.6) is 0 Å². The minimum Gasteiger partial charge on any atom is -0.479 e. The highest BCUT2D eigenvalue weighted by atomic mass is 17.0. The van der Waals surface area contributed by atoms with Crippen LogP contribution in [0.15, 0.2) is 0 Å². The molecule has 0 aromatic carbocycles. The van der Waals surface area contributed by atoms with Crippen LogP contribution in [0.1, 0.15) is 0 Å². The summed E-state index contributed by atoms with van der Waals surface area (Å²) in [6, 6.07) is 0. The van der Waals surface area contributed by atoms with Crippen molar-refractivity contribution in [2.45, 2.75) is 55.1 Å². The van der Waals surface area contributed by atoms with Crippen LogP contribution in [0, 0.1) is 10.1 Å². The van der Waals surface area contributed by atoms with E-state index in [1.165, 1.54) is 0 Å².